The molecule has 1 atom stereocenters. The summed E-state index contributed by atoms with van der Waals surface area (Å²) in [6.07, 6.45) is 4.56. The molecule has 1 N–H and O–H groups in total. The number of hydrogen-bond acceptors (Lipinski definition) is 5. The number of Topliss-reactive ketones (excluding diaryl/α,β-unsaturated/α-hetero) is 1. The van der Waals surface area contributed by atoms with Gasteiger partial charge in [0.05, 0.1) is 18.0 Å². The third-order valence-electron chi connectivity index (χ3n) is 7.26. The molecule has 2 aromatic carbocycles. The van der Waals surface area contributed by atoms with Gasteiger partial charge in [0.1, 0.15) is 17.1 Å². The molecule has 0 aromatic heterocycles. The first kappa shape index (κ1) is 22.4. The van der Waals surface area contributed by atoms with E-state index in [0.29, 0.717) is 49.4 Å². The maximum atomic E-state index is 12.8. The fraction of sp³-hybridized carbons (Fsp3) is 0.444. The molecule has 1 aliphatic carbocycles. The monoisotopic (exact) mass is 462 g/mol. The summed E-state index contributed by atoms with van der Waals surface area (Å²) in [6.45, 7) is 2.62. The lowest BCUT2D eigenvalue weighted by atomic mass is 9.82. The summed E-state index contributed by atoms with van der Waals surface area (Å²) < 4.78 is 12.1. The van der Waals surface area contributed by atoms with E-state index < -0.39 is 5.60 Å². The van der Waals surface area contributed by atoms with Gasteiger partial charge in [0.25, 0.3) is 5.91 Å². The third kappa shape index (κ3) is 4.52. The number of amides is 2. The number of nitrogens with zero attached hydrogens (tertiary/aromatic N) is 1. The van der Waals surface area contributed by atoms with E-state index in [2.05, 4.69) is 17.4 Å². The van der Waals surface area contributed by atoms with Crippen LogP contribution in [0.3, 0.4) is 0 Å². The minimum Gasteiger partial charge on any atom is -0.486 e. The number of ether oxygens (including phenoxy) is 2. The molecule has 1 saturated heterocycles. The van der Waals surface area contributed by atoms with Gasteiger partial charge in [-0.2, -0.15) is 0 Å². The second kappa shape index (κ2) is 9.12. The minimum absolute atomic E-state index is 0.00580. The topological polar surface area (TPSA) is 84.9 Å². The fourth-order valence-electron chi connectivity index (χ4n) is 5.36. The molecule has 1 spiro atoms. The number of carbonyl (C=O) groups is 3. The molecule has 7 nitrogen and oxygen atoms in total. The fourth-order valence-corrected chi connectivity index (χ4v) is 5.36. The molecule has 2 amide bonds. The molecule has 178 valence electrons. The standard InChI is InChI=1S/C27H30N2O5/c1-18(30)29-13-11-27(12-14-29)16-24(31)22-10-9-20(15-25(22)34-27)33-17-26(32)28-23-8-4-6-19-5-2-3-7-21(19)23/h2-3,5,7,9-10,15,23H,4,6,8,11-14,16-17H2,1H3,(H,28,32)/t23-/m0/s1. The Morgan fingerprint density at radius 3 is 2.76 bits per heavy atom. The number of aryl methyl sites for hydroxylation is 1. The number of hydrogen-bond donors (Lipinski definition) is 1. The van der Waals surface area contributed by atoms with Crippen LogP contribution in [-0.4, -0.2) is 47.8 Å². The van der Waals surface area contributed by atoms with E-state index >= 15 is 0 Å². The van der Waals surface area contributed by atoms with Crippen molar-refractivity contribution in [1.29, 1.82) is 0 Å². The Bertz CT molecular complexity index is 1120. The Labute approximate surface area is 199 Å². The lowest BCUT2D eigenvalue weighted by Crippen LogP contribution is -2.51. The summed E-state index contributed by atoms with van der Waals surface area (Å²) in [6, 6.07) is 13.4. The Balaban J connectivity index is 1.22. The Kier molecular flexibility index (Phi) is 6.02. The van der Waals surface area contributed by atoms with Crippen LogP contribution < -0.4 is 14.8 Å². The van der Waals surface area contributed by atoms with E-state index in [1.54, 1.807) is 30.0 Å². The molecule has 0 bridgehead atoms. The van der Waals surface area contributed by atoms with E-state index in [4.69, 9.17) is 9.47 Å². The quantitative estimate of drug-likeness (QED) is 0.751. The third-order valence-corrected chi connectivity index (χ3v) is 7.26. The summed E-state index contributed by atoms with van der Waals surface area (Å²) in [4.78, 5) is 38.9. The van der Waals surface area contributed by atoms with Crippen LogP contribution >= 0.6 is 0 Å². The molecule has 3 aliphatic rings. The Morgan fingerprint density at radius 1 is 1.18 bits per heavy atom. The first-order valence-corrected chi connectivity index (χ1v) is 12.0. The predicted octanol–water partition coefficient (Wildman–Crippen LogP) is 3.61. The molecule has 2 aromatic rings. The highest BCUT2D eigenvalue weighted by atomic mass is 16.5. The first-order valence-electron chi connectivity index (χ1n) is 12.0. The summed E-state index contributed by atoms with van der Waals surface area (Å²) in [5, 5.41) is 3.09. The van der Waals surface area contributed by atoms with Gasteiger partial charge in [0.2, 0.25) is 5.91 Å². The predicted molar refractivity (Wildman–Crippen MR) is 126 cm³/mol. The molecule has 2 heterocycles. The van der Waals surface area contributed by atoms with E-state index in [0.717, 1.165) is 19.3 Å². The number of rotatable bonds is 4. The average Bonchev–Trinajstić information content (AvgIpc) is 2.83. The number of benzene rings is 2. The van der Waals surface area contributed by atoms with E-state index in [9.17, 15) is 14.4 Å². The van der Waals surface area contributed by atoms with Crippen molar-refractivity contribution in [3.63, 3.8) is 0 Å². The van der Waals surface area contributed by atoms with Crippen LogP contribution in [0.4, 0.5) is 0 Å². The lowest BCUT2D eigenvalue weighted by molar-refractivity contribution is -0.132. The molecule has 34 heavy (non-hydrogen) atoms. The van der Waals surface area contributed by atoms with Gasteiger partial charge in [-0.15, -0.1) is 0 Å². The zero-order chi connectivity index (χ0) is 23.7. The van der Waals surface area contributed by atoms with Crippen LogP contribution in [0.5, 0.6) is 11.5 Å². The largest absolute Gasteiger partial charge is 0.486 e. The minimum atomic E-state index is -0.583. The Hall–Kier alpha value is -3.35. The van der Waals surface area contributed by atoms with Gasteiger partial charge in [0, 0.05) is 38.9 Å². The first-order chi connectivity index (χ1) is 16.4. The number of piperidine rings is 1. The number of likely N-dealkylation sites (tertiary alicyclic amines) is 1. The summed E-state index contributed by atoms with van der Waals surface area (Å²) >= 11 is 0. The van der Waals surface area contributed by atoms with Gasteiger partial charge in [-0.25, -0.2) is 0 Å². The van der Waals surface area contributed by atoms with Crippen molar-refractivity contribution in [2.45, 2.75) is 57.1 Å². The number of carbonyl (C=O) groups excluding carboxylic acids is 3. The molecule has 0 saturated carbocycles. The summed E-state index contributed by atoms with van der Waals surface area (Å²) in [5.74, 6) is 0.890. The summed E-state index contributed by atoms with van der Waals surface area (Å²) in [7, 11) is 0. The van der Waals surface area contributed by atoms with Crippen LogP contribution in [0.1, 0.15) is 66.6 Å². The molecule has 7 heteroatoms. The van der Waals surface area contributed by atoms with Crippen LogP contribution in [0.2, 0.25) is 0 Å². The SMILES string of the molecule is CC(=O)N1CCC2(CC1)CC(=O)c1ccc(OCC(=O)N[C@H]3CCCc4ccccc43)cc1O2. The Morgan fingerprint density at radius 2 is 1.97 bits per heavy atom. The number of ketones is 1. The normalized spacial score (nSPS) is 20.7. The number of nitrogens with one attached hydrogen (secondary N) is 1. The van der Waals surface area contributed by atoms with Crippen molar-refractivity contribution in [3.8, 4) is 11.5 Å². The highest BCUT2D eigenvalue weighted by Crippen LogP contribution is 2.40. The highest BCUT2D eigenvalue weighted by molar-refractivity contribution is 6.00. The molecular weight excluding hydrogens is 432 g/mol. The van der Waals surface area contributed by atoms with Gasteiger partial charge < -0.3 is 19.7 Å². The van der Waals surface area contributed by atoms with Gasteiger partial charge in [-0.05, 0) is 42.5 Å². The van der Waals surface area contributed by atoms with E-state index in [1.807, 2.05) is 12.1 Å². The average molecular weight is 463 g/mol. The van der Waals surface area contributed by atoms with Gasteiger partial charge >= 0.3 is 0 Å². The van der Waals surface area contributed by atoms with Gasteiger partial charge in [-0.1, -0.05) is 24.3 Å². The second-order valence-corrected chi connectivity index (χ2v) is 9.55. The zero-order valence-electron chi connectivity index (χ0n) is 19.5. The number of fused-ring (bicyclic) bond motifs is 2. The zero-order valence-corrected chi connectivity index (χ0v) is 19.5. The van der Waals surface area contributed by atoms with Crippen LogP contribution in [0, 0.1) is 0 Å². The summed E-state index contributed by atoms with van der Waals surface area (Å²) in [5.41, 5.74) is 2.43. The van der Waals surface area contributed by atoms with Crippen LogP contribution in [-0.2, 0) is 16.0 Å². The smallest absolute Gasteiger partial charge is 0.258 e. The van der Waals surface area contributed by atoms with Crippen molar-refractivity contribution in [2.24, 2.45) is 0 Å². The van der Waals surface area contributed by atoms with Crippen LogP contribution in [0.25, 0.3) is 0 Å². The molecule has 0 radical (unpaired) electrons. The highest BCUT2D eigenvalue weighted by Gasteiger charge is 2.43. The van der Waals surface area contributed by atoms with Crippen molar-refractivity contribution in [2.75, 3.05) is 19.7 Å². The van der Waals surface area contributed by atoms with Crippen molar-refractivity contribution < 1.29 is 23.9 Å². The van der Waals surface area contributed by atoms with Gasteiger partial charge in [-0.3, -0.25) is 14.4 Å². The lowest BCUT2D eigenvalue weighted by Gasteiger charge is -2.43. The van der Waals surface area contributed by atoms with Crippen molar-refractivity contribution in [3.05, 3.63) is 59.2 Å². The van der Waals surface area contributed by atoms with Crippen LogP contribution in [0.15, 0.2) is 42.5 Å². The molecule has 0 unspecified atom stereocenters. The molecular formula is C27H30N2O5. The maximum absolute atomic E-state index is 12.8. The second-order valence-electron chi connectivity index (χ2n) is 9.55. The van der Waals surface area contributed by atoms with Gasteiger partial charge in [0.15, 0.2) is 12.4 Å². The van der Waals surface area contributed by atoms with E-state index in [-0.39, 0.29) is 30.2 Å². The maximum Gasteiger partial charge on any atom is 0.258 e. The molecule has 5 rings (SSSR count). The molecule has 2 aliphatic heterocycles. The van der Waals surface area contributed by atoms with Crippen molar-refractivity contribution >= 4 is 17.6 Å². The van der Waals surface area contributed by atoms with Crippen molar-refractivity contribution in [1.82, 2.24) is 10.2 Å². The molecule has 1 fully saturated rings. The van der Waals surface area contributed by atoms with E-state index in [1.165, 1.54) is 11.1 Å².